The van der Waals surface area contributed by atoms with Gasteiger partial charge in [0.15, 0.2) is 5.71 Å². The first kappa shape index (κ1) is 42.9. The van der Waals surface area contributed by atoms with Crippen molar-refractivity contribution in [3.8, 4) is 0 Å². The Morgan fingerprint density at radius 3 is 2.12 bits per heavy atom. The van der Waals surface area contributed by atoms with Gasteiger partial charge >= 0.3 is 29.6 Å². The number of hydrogen-bond acceptors (Lipinski definition) is 5. The average Bonchev–Trinajstić information content (AvgIpc) is 3.56. The van der Waals surface area contributed by atoms with E-state index in [1.165, 1.54) is 60.8 Å². The molecule has 2 N–H and O–H groups in total. The molecule has 5 aromatic carbocycles. The molecule has 0 saturated carbocycles. The summed E-state index contributed by atoms with van der Waals surface area (Å²) < 4.78 is 37.7. The van der Waals surface area contributed by atoms with E-state index in [0.717, 1.165) is 61.3 Å². The van der Waals surface area contributed by atoms with Crippen molar-refractivity contribution in [1.82, 2.24) is 0 Å². The van der Waals surface area contributed by atoms with Gasteiger partial charge in [-0.15, -0.1) is 0 Å². The molecular formula is C51H55N3NaO3S+. The molecule has 2 heterocycles. The van der Waals surface area contributed by atoms with Gasteiger partial charge < -0.3 is 15.2 Å². The molecular weight excluding hydrogens is 758 g/mol. The SMILES string of the molecule is CCCC[N+]1=C(/C=C/C2=C(c3ccc(N)cc3)C(=C/C=C3/N(CCCS(=O)(=O)[O-])c4ccc5ccccc5c4C3(C)C)/CCC2)C(C)(C)c2c1ccc1ccccc21.[Na+]. The van der Waals surface area contributed by atoms with Crippen LogP contribution in [0.1, 0.15) is 89.8 Å². The largest absolute Gasteiger partial charge is 1.00 e. The minimum Gasteiger partial charge on any atom is -0.748 e. The maximum Gasteiger partial charge on any atom is 1.00 e. The van der Waals surface area contributed by atoms with Crippen LogP contribution in [0, 0.1) is 0 Å². The smallest absolute Gasteiger partial charge is 0.748 e. The van der Waals surface area contributed by atoms with Crippen LogP contribution < -0.4 is 40.2 Å². The van der Waals surface area contributed by atoms with Crippen molar-refractivity contribution >= 4 is 60.0 Å². The van der Waals surface area contributed by atoms with Crippen LogP contribution in [0.15, 0.2) is 138 Å². The maximum absolute atomic E-state index is 11.7. The Hall–Kier alpha value is -4.24. The minimum absolute atomic E-state index is 0. The zero-order valence-electron chi connectivity index (χ0n) is 35.5. The summed E-state index contributed by atoms with van der Waals surface area (Å²) in [6, 6.07) is 34.4. The zero-order valence-corrected chi connectivity index (χ0v) is 38.3. The molecule has 8 rings (SSSR count). The summed E-state index contributed by atoms with van der Waals surface area (Å²) >= 11 is 0. The van der Waals surface area contributed by atoms with E-state index in [1.807, 2.05) is 12.1 Å². The molecule has 0 aromatic heterocycles. The summed E-state index contributed by atoms with van der Waals surface area (Å²) in [6.07, 6.45) is 14.7. The van der Waals surface area contributed by atoms with Crippen molar-refractivity contribution in [3.63, 3.8) is 0 Å². The van der Waals surface area contributed by atoms with Crippen molar-refractivity contribution in [1.29, 1.82) is 0 Å². The maximum atomic E-state index is 11.7. The van der Waals surface area contributed by atoms with Crippen LogP contribution in [0.4, 0.5) is 17.1 Å². The van der Waals surface area contributed by atoms with Crippen LogP contribution in [0.3, 0.4) is 0 Å². The molecule has 8 heteroatoms. The number of nitrogens with two attached hydrogens (primary N) is 1. The van der Waals surface area contributed by atoms with Gasteiger partial charge in [0.05, 0.1) is 15.5 Å². The molecule has 0 unspecified atom stereocenters. The van der Waals surface area contributed by atoms with Crippen LogP contribution in [0.5, 0.6) is 0 Å². The first-order valence-corrected chi connectivity index (χ1v) is 22.5. The van der Waals surface area contributed by atoms with Crippen molar-refractivity contribution in [2.75, 3.05) is 29.5 Å². The summed E-state index contributed by atoms with van der Waals surface area (Å²) in [5.41, 5.74) is 18.8. The third-order valence-corrected chi connectivity index (χ3v) is 13.4. The Balaban J connectivity index is 0.00000528. The molecule has 5 aromatic rings. The van der Waals surface area contributed by atoms with E-state index in [0.29, 0.717) is 6.54 Å². The van der Waals surface area contributed by atoms with Crippen LogP contribution in [-0.4, -0.2) is 42.1 Å². The Morgan fingerprint density at radius 2 is 1.44 bits per heavy atom. The van der Waals surface area contributed by atoms with Gasteiger partial charge in [0.1, 0.15) is 6.54 Å². The second-order valence-electron chi connectivity index (χ2n) is 17.2. The van der Waals surface area contributed by atoms with Gasteiger partial charge in [-0.25, -0.2) is 8.42 Å². The fraction of sp³-hybridized carbons (Fsp3) is 0.314. The Morgan fingerprint density at radius 1 is 0.780 bits per heavy atom. The molecule has 1 aliphatic carbocycles. The molecule has 0 bridgehead atoms. The van der Waals surface area contributed by atoms with Gasteiger partial charge in [-0.3, -0.25) is 0 Å². The molecule has 6 nitrogen and oxygen atoms in total. The number of benzene rings is 5. The van der Waals surface area contributed by atoms with Crippen LogP contribution in [0.25, 0.3) is 27.1 Å². The second kappa shape index (κ2) is 17.0. The van der Waals surface area contributed by atoms with E-state index >= 15 is 0 Å². The molecule has 0 saturated heterocycles. The van der Waals surface area contributed by atoms with Crippen LogP contribution in [-0.2, 0) is 20.9 Å². The van der Waals surface area contributed by atoms with E-state index in [-0.39, 0.29) is 46.8 Å². The number of rotatable bonds is 11. The fourth-order valence-electron chi connectivity index (χ4n) is 9.91. The summed E-state index contributed by atoms with van der Waals surface area (Å²) in [6.45, 7) is 12.9. The van der Waals surface area contributed by atoms with E-state index < -0.39 is 15.9 Å². The molecule has 0 atom stereocenters. The monoisotopic (exact) mass is 812 g/mol. The van der Waals surface area contributed by atoms with Gasteiger partial charge in [-0.05, 0) is 119 Å². The van der Waals surface area contributed by atoms with Gasteiger partial charge in [0.25, 0.3) is 0 Å². The number of fused-ring (bicyclic) bond motifs is 6. The molecule has 59 heavy (non-hydrogen) atoms. The fourth-order valence-corrected chi connectivity index (χ4v) is 10.4. The Labute approximate surface area is 373 Å². The van der Waals surface area contributed by atoms with E-state index in [2.05, 4.69) is 153 Å². The average molecular weight is 813 g/mol. The molecule has 0 spiro atoms. The standard InChI is InChI=1S/C51H55N3O3S.Na/c1-6-7-32-53-43-28-22-35-14-8-10-18-41(35)48(43)50(2,3)45(53)30-24-37-16-12-17-38(47(37)39-20-26-40(52)27-21-39)25-31-46-51(4,5)49-42-19-11-9-15-36(42)23-29-44(49)54(46)33-13-34-58(55,56)57;/h8-11,14-15,18-31,52H,6-7,12-13,16-17,32-34H2,1-5H3,(H,55,56,57);/q;+1/b38-25+,46-31+;. The van der Waals surface area contributed by atoms with Crippen molar-refractivity contribution in [3.05, 3.63) is 155 Å². The molecule has 298 valence electrons. The third kappa shape index (κ3) is 8.17. The van der Waals surface area contributed by atoms with Gasteiger partial charge in [-0.2, -0.15) is 4.58 Å². The normalized spacial score (nSPS) is 18.7. The van der Waals surface area contributed by atoms with Gasteiger partial charge in [0.2, 0.25) is 5.69 Å². The Kier molecular flexibility index (Phi) is 12.4. The quantitative estimate of drug-likeness (QED) is 0.0626. The predicted octanol–water partition coefficient (Wildman–Crippen LogP) is 8.49. The van der Waals surface area contributed by atoms with E-state index in [9.17, 15) is 13.0 Å². The first-order chi connectivity index (χ1) is 27.8. The van der Waals surface area contributed by atoms with Crippen molar-refractivity contribution in [2.24, 2.45) is 0 Å². The van der Waals surface area contributed by atoms with Crippen molar-refractivity contribution < 1.29 is 47.1 Å². The minimum atomic E-state index is -4.34. The first-order valence-electron chi connectivity index (χ1n) is 20.9. The number of anilines is 2. The van der Waals surface area contributed by atoms with Crippen molar-refractivity contribution in [2.45, 2.75) is 84.0 Å². The number of nitrogens with zero attached hydrogens (tertiary/aromatic N) is 2. The zero-order chi connectivity index (χ0) is 40.8. The summed E-state index contributed by atoms with van der Waals surface area (Å²) in [5, 5.41) is 4.95. The molecule has 0 radical (unpaired) electrons. The Bertz CT molecular complexity index is 2700. The van der Waals surface area contributed by atoms with Gasteiger partial charge in [0, 0.05) is 58.9 Å². The predicted molar refractivity (Wildman–Crippen MR) is 242 cm³/mol. The molecule has 0 amide bonds. The second-order valence-corrected chi connectivity index (χ2v) is 18.7. The number of allylic oxidation sites excluding steroid dienone is 8. The topological polar surface area (TPSA) is 89.5 Å². The van der Waals surface area contributed by atoms with Crippen LogP contribution in [0.2, 0.25) is 0 Å². The van der Waals surface area contributed by atoms with Gasteiger partial charge in [-0.1, -0.05) is 106 Å². The van der Waals surface area contributed by atoms with Crippen LogP contribution >= 0.6 is 0 Å². The summed E-state index contributed by atoms with van der Waals surface area (Å²) in [4.78, 5) is 2.24. The third-order valence-electron chi connectivity index (χ3n) is 12.6. The number of unbranched alkanes of at least 4 members (excludes halogenated alkanes) is 1. The summed E-state index contributed by atoms with van der Waals surface area (Å²) in [5.74, 6) is -0.395. The number of nitrogen functional groups attached to an aromatic ring is 1. The molecule has 0 fully saturated rings. The molecule has 2 aliphatic heterocycles. The molecule has 3 aliphatic rings. The van der Waals surface area contributed by atoms with E-state index in [4.69, 9.17) is 5.73 Å². The number of hydrogen-bond donors (Lipinski definition) is 1. The summed E-state index contributed by atoms with van der Waals surface area (Å²) in [7, 11) is -4.34. The van der Waals surface area contributed by atoms with E-state index in [1.54, 1.807) is 0 Å².